The average Bonchev–Trinajstić information content (AvgIpc) is 2.05. The minimum absolute atomic E-state index is 0.124. The summed E-state index contributed by atoms with van der Waals surface area (Å²) in [5, 5.41) is 9.17. The van der Waals surface area contributed by atoms with E-state index < -0.39 is 0 Å². The maximum Gasteiger partial charge on any atom is 0.220 e. The lowest BCUT2D eigenvalue weighted by atomic mass is 10.0. The highest BCUT2D eigenvalue weighted by atomic mass is 16.3. The summed E-state index contributed by atoms with van der Waals surface area (Å²) in [6, 6.07) is 0.124. The lowest BCUT2D eigenvalue weighted by Gasteiger charge is -2.43. The van der Waals surface area contributed by atoms with Gasteiger partial charge >= 0.3 is 0 Å². The molecule has 0 aliphatic carbocycles. The molecule has 0 aromatic heterocycles. The molecule has 0 aromatic carbocycles. The maximum absolute atomic E-state index is 9.17. The van der Waals surface area contributed by atoms with Gasteiger partial charge in [-0.2, -0.15) is 0 Å². The Morgan fingerprint density at radius 3 is 2.64 bits per heavy atom. The standard InChI is InChI=1S/C7H13N3O/c1-5-6(11)4-10(5)7(8-2)9-3/h5-6,11H,2,4H2,1,3H3/b9-7+/t5-,6+/m0/s1. The van der Waals surface area contributed by atoms with Gasteiger partial charge in [0.15, 0.2) is 0 Å². The Balaban J connectivity index is 2.57. The summed E-state index contributed by atoms with van der Waals surface area (Å²) in [4.78, 5) is 9.56. The minimum Gasteiger partial charge on any atom is -0.389 e. The molecule has 11 heavy (non-hydrogen) atoms. The van der Waals surface area contributed by atoms with Crippen molar-refractivity contribution in [3.63, 3.8) is 0 Å². The van der Waals surface area contributed by atoms with Crippen molar-refractivity contribution in [1.82, 2.24) is 4.90 Å². The van der Waals surface area contributed by atoms with Gasteiger partial charge in [-0.1, -0.05) is 0 Å². The molecule has 0 amide bonds. The zero-order chi connectivity index (χ0) is 8.43. The molecular formula is C7H13N3O. The molecule has 0 spiro atoms. The number of likely N-dealkylation sites (tertiary alicyclic amines) is 1. The van der Waals surface area contributed by atoms with Gasteiger partial charge in [-0.25, -0.2) is 4.99 Å². The van der Waals surface area contributed by atoms with E-state index in [1.54, 1.807) is 7.05 Å². The van der Waals surface area contributed by atoms with Crippen LogP contribution < -0.4 is 0 Å². The molecule has 2 atom stereocenters. The van der Waals surface area contributed by atoms with Crippen LogP contribution in [0.3, 0.4) is 0 Å². The number of guanidine groups is 1. The quantitative estimate of drug-likeness (QED) is 0.387. The summed E-state index contributed by atoms with van der Waals surface area (Å²) in [5.41, 5.74) is 0. The molecule has 0 unspecified atom stereocenters. The Morgan fingerprint density at radius 1 is 1.73 bits per heavy atom. The highest BCUT2D eigenvalue weighted by Crippen LogP contribution is 2.17. The van der Waals surface area contributed by atoms with E-state index in [-0.39, 0.29) is 12.1 Å². The first-order valence-electron chi connectivity index (χ1n) is 3.59. The molecule has 62 valence electrons. The molecule has 0 saturated carbocycles. The van der Waals surface area contributed by atoms with Crippen LogP contribution in [0.5, 0.6) is 0 Å². The van der Waals surface area contributed by atoms with E-state index in [0.29, 0.717) is 12.5 Å². The van der Waals surface area contributed by atoms with Gasteiger partial charge < -0.3 is 10.0 Å². The molecule has 1 aliphatic heterocycles. The summed E-state index contributed by atoms with van der Waals surface area (Å²) < 4.78 is 0. The predicted octanol–water partition coefficient (Wildman–Crippen LogP) is -0.262. The van der Waals surface area contributed by atoms with Gasteiger partial charge in [-0.15, -0.1) is 0 Å². The van der Waals surface area contributed by atoms with Crippen molar-refractivity contribution in [2.45, 2.75) is 19.1 Å². The van der Waals surface area contributed by atoms with Gasteiger partial charge in [-0.05, 0) is 13.6 Å². The summed E-state index contributed by atoms with van der Waals surface area (Å²) in [6.07, 6.45) is -0.242. The number of nitrogens with zero attached hydrogens (tertiary/aromatic N) is 3. The van der Waals surface area contributed by atoms with Crippen molar-refractivity contribution in [2.24, 2.45) is 9.98 Å². The van der Waals surface area contributed by atoms with Crippen LogP contribution in [0.2, 0.25) is 0 Å². The van der Waals surface area contributed by atoms with E-state index >= 15 is 0 Å². The Morgan fingerprint density at radius 2 is 2.36 bits per heavy atom. The van der Waals surface area contributed by atoms with Crippen molar-refractivity contribution in [1.29, 1.82) is 0 Å². The Bertz CT molecular complexity index is 190. The van der Waals surface area contributed by atoms with Gasteiger partial charge in [0.05, 0.1) is 12.1 Å². The van der Waals surface area contributed by atoms with Gasteiger partial charge in [0.25, 0.3) is 0 Å². The van der Waals surface area contributed by atoms with Gasteiger partial charge in [0.1, 0.15) is 0 Å². The Hall–Kier alpha value is -0.900. The summed E-state index contributed by atoms with van der Waals surface area (Å²) in [6.45, 7) is 5.94. The Kier molecular flexibility index (Phi) is 2.24. The molecule has 1 rings (SSSR count). The van der Waals surface area contributed by atoms with Crippen LogP contribution in [0, 0.1) is 0 Å². The van der Waals surface area contributed by atoms with Crippen LogP contribution in [0.15, 0.2) is 9.98 Å². The third-order valence-electron chi connectivity index (χ3n) is 2.03. The molecule has 1 fully saturated rings. The number of aliphatic hydroxyl groups excluding tert-OH is 1. The zero-order valence-corrected chi connectivity index (χ0v) is 6.86. The first-order chi connectivity index (χ1) is 5.20. The fraction of sp³-hybridized carbons (Fsp3) is 0.714. The van der Waals surface area contributed by atoms with Crippen molar-refractivity contribution in [3.05, 3.63) is 0 Å². The minimum atomic E-state index is -0.242. The van der Waals surface area contributed by atoms with Gasteiger partial charge in [-0.3, -0.25) is 4.99 Å². The summed E-state index contributed by atoms with van der Waals surface area (Å²) >= 11 is 0. The molecule has 4 heteroatoms. The van der Waals surface area contributed by atoms with E-state index in [1.807, 2.05) is 11.8 Å². The second-order valence-electron chi connectivity index (χ2n) is 2.64. The monoisotopic (exact) mass is 155 g/mol. The SMILES string of the molecule is C=N/C(=N\C)N1C[C@@H](O)[C@@H]1C. The van der Waals surface area contributed by atoms with Gasteiger partial charge in [0, 0.05) is 13.6 Å². The van der Waals surface area contributed by atoms with E-state index in [0.717, 1.165) is 0 Å². The lowest BCUT2D eigenvalue weighted by Crippen LogP contribution is -2.60. The lowest BCUT2D eigenvalue weighted by molar-refractivity contribution is -0.00813. The fourth-order valence-corrected chi connectivity index (χ4v) is 1.14. The predicted molar refractivity (Wildman–Crippen MR) is 45.1 cm³/mol. The molecule has 1 aliphatic rings. The number of hydrogen-bond acceptors (Lipinski definition) is 2. The average molecular weight is 155 g/mol. The molecule has 0 aromatic rings. The van der Waals surface area contributed by atoms with Crippen LogP contribution in [0.1, 0.15) is 6.92 Å². The second-order valence-corrected chi connectivity index (χ2v) is 2.64. The van der Waals surface area contributed by atoms with Crippen LogP contribution >= 0.6 is 0 Å². The molecule has 1 heterocycles. The molecular weight excluding hydrogens is 142 g/mol. The zero-order valence-electron chi connectivity index (χ0n) is 6.86. The summed E-state index contributed by atoms with van der Waals surface area (Å²) in [5.74, 6) is 0.614. The molecule has 1 N–H and O–H groups in total. The number of rotatable bonds is 0. The molecule has 0 radical (unpaired) electrons. The van der Waals surface area contributed by atoms with Gasteiger partial charge in [0.2, 0.25) is 5.96 Å². The van der Waals surface area contributed by atoms with Crippen molar-refractivity contribution in [2.75, 3.05) is 13.6 Å². The number of aliphatic hydroxyl groups is 1. The van der Waals surface area contributed by atoms with Crippen molar-refractivity contribution >= 4 is 12.7 Å². The fourth-order valence-electron chi connectivity index (χ4n) is 1.14. The maximum atomic E-state index is 9.17. The topological polar surface area (TPSA) is 48.2 Å². The van der Waals surface area contributed by atoms with E-state index in [4.69, 9.17) is 5.11 Å². The molecule has 0 bridgehead atoms. The largest absolute Gasteiger partial charge is 0.389 e. The normalized spacial score (nSPS) is 31.5. The Labute approximate surface area is 66.3 Å². The van der Waals surface area contributed by atoms with E-state index in [2.05, 4.69) is 16.7 Å². The van der Waals surface area contributed by atoms with Crippen LogP contribution in [-0.4, -0.2) is 48.4 Å². The number of aliphatic imine (C=N–C) groups is 2. The number of β-amino-alcohol motifs (C(OH)–C–C–N with tert-alkyl or cyclic N) is 1. The van der Waals surface area contributed by atoms with Crippen molar-refractivity contribution in [3.8, 4) is 0 Å². The third kappa shape index (κ3) is 1.26. The third-order valence-corrected chi connectivity index (χ3v) is 2.03. The van der Waals surface area contributed by atoms with Crippen LogP contribution in [0.4, 0.5) is 0 Å². The van der Waals surface area contributed by atoms with Crippen LogP contribution in [0.25, 0.3) is 0 Å². The smallest absolute Gasteiger partial charge is 0.220 e. The van der Waals surface area contributed by atoms with Crippen LogP contribution in [-0.2, 0) is 0 Å². The molecule has 4 nitrogen and oxygen atoms in total. The summed E-state index contributed by atoms with van der Waals surface area (Å²) in [7, 11) is 1.67. The van der Waals surface area contributed by atoms with Crippen molar-refractivity contribution < 1.29 is 5.11 Å². The second kappa shape index (κ2) is 3.00. The first-order valence-corrected chi connectivity index (χ1v) is 3.59. The van der Waals surface area contributed by atoms with E-state index in [9.17, 15) is 0 Å². The number of hydrogen-bond donors (Lipinski definition) is 1. The first kappa shape index (κ1) is 8.20. The molecule has 1 saturated heterocycles. The van der Waals surface area contributed by atoms with E-state index in [1.165, 1.54) is 0 Å². The highest BCUT2D eigenvalue weighted by molar-refractivity contribution is 5.85. The highest BCUT2D eigenvalue weighted by Gasteiger charge is 2.35.